The molecule has 0 unspecified atom stereocenters. The van der Waals surface area contributed by atoms with Crippen LogP contribution >= 0.6 is 23.5 Å². The molecule has 1 rings (SSSR count). The summed E-state index contributed by atoms with van der Waals surface area (Å²) in [6.07, 6.45) is 2.54. The summed E-state index contributed by atoms with van der Waals surface area (Å²) in [6.45, 7) is 5.06. The molecule has 3 heteroatoms. The van der Waals surface area contributed by atoms with Gasteiger partial charge in [0.1, 0.15) is 0 Å². The molecule has 0 spiro atoms. The summed E-state index contributed by atoms with van der Waals surface area (Å²) < 4.78 is 0. The molecule has 0 bridgehead atoms. The first-order valence-electron chi connectivity index (χ1n) is 5.91. The second-order valence-electron chi connectivity index (χ2n) is 3.57. The lowest BCUT2D eigenvalue weighted by Crippen LogP contribution is -2.01. The van der Waals surface area contributed by atoms with Gasteiger partial charge in [0.15, 0.2) is 0 Å². The molecule has 90 valence electrons. The summed E-state index contributed by atoms with van der Waals surface area (Å²) in [6, 6.07) is 6.52. The molecule has 0 saturated carbocycles. The zero-order chi connectivity index (χ0) is 11.8. The molecule has 0 aliphatic heterocycles. The Labute approximate surface area is 108 Å². The van der Waals surface area contributed by atoms with Crippen molar-refractivity contribution >= 4 is 23.5 Å². The summed E-state index contributed by atoms with van der Waals surface area (Å²) in [5, 5.41) is 0. The fourth-order valence-electron chi connectivity index (χ4n) is 1.50. The molecular weight excluding hydrogens is 234 g/mol. The number of thioether (sulfide) groups is 2. The van der Waals surface area contributed by atoms with Crippen LogP contribution in [0.1, 0.15) is 32.3 Å². The van der Waals surface area contributed by atoms with Gasteiger partial charge in [-0.25, -0.2) is 0 Å². The number of benzene rings is 1. The van der Waals surface area contributed by atoms with Gasteiger partial charge in [-0.1, -0.05) is 26.3 Å². The molecule has 2 N–H and O–H groups in total. The average molecular weight is 255 g/mol. The minimum atomic E-state index is 0.650. The Hall–Kier alpha value is -0.120. The Balaban J connectivity index is 2.77. The Morgan fingerprint density at radius 1 is 1.12 bits per heavy atom. The first kappa shape index (κ1) is 13.9. The molecule has 0 aliphatic rings. The van der Waals surface area contributed by atoms with Crippen molar-refractivity contribution in [3.05, 3.63) is 23.8 Å². The highest BCUT2D eigenvalue weighted by Crippen LogP contribution is 2.31. The van der Waals surface area contributed by atoms with Gasteiger partial charge >= 0.3 is 0 Å². The monoisotopic (exact) mass is 255 g/mol. The van der Waals surface area contributed by atoms with Crippen molar-refractivity contribution in [2.24, 2.45) is 5.73 Å². The van der Waals surface area contributed by atoms with Crippen molar-refractivity contribution in [1.82, 2.24) is 0 Å². The van der Waals surface area contributed by atoms with Crippen LogP contribution in [0.3, 0.4) is 0 Å². The second kappa shape index (κ2) is 8.04. The smallest absolute Gasteiger partial charge is 0.0200 e. The van der Waals surface area contributed by atoms with Crippen LogP contribution in [0.4, 0.5) is 0 Å². The molecule has 0 fully saturated rings. The molecular formula is C13H21NS2. The lowest BCUT2D eigenvalue weighted by molar-refractivity contribution is 0.894. The summed E-state index contributed by atoms with van der Waals surface area (Å²) in [4.78, 5) is 2.72. The largest absolute Gasteiger partial charge is 0.326 e. The lowest BCUT2D eigenvalue weighted by atomic mass is 10.2. The summed E-state index contributed by atoms with van der Waals surface area (Å²) >= 11 is 3.83. The zero-order valence-electron chi connectivity index (χ0n) is 10.2. The van der Waals surface area contributed by atoms with Crippen LogP contribution in [0.15, 0.2) is 28.0 Å². The number of hydrogen-bond donors (Lipinski definition) is 1. The maximum atomic E-state index is 5.86. The van der Waals surface area contributed by atoms with E-state index in [1.807, 2.05) is 23.5 Å². The van der Waals surface area contributed by atoms with Gasteiger partial charge in [0, 0.05) is 16.3 Å². The molecule has 1 nitrogen and oxygen atoms in total. The van der Waals surface area contributed by atoms with Gasteiger partial charge in [0.05, 0.1) is 0 Å². The Bertz CT molecular complexity index is 313. The SMILES string of the molecule is CCCCSc1cccc(SCC)c1CN. The van der Waals surface area contributed by atoms with Crippen molar-refractivity contribution in [2.45, 2.75) is 43.0 Å². The van der Waals surface area contributed by atoms with E-state index in [0.717, 1.165) is 5.75 Å². The van der Waals surface area contributed by atoms with E-state index in [9.17, 15) is 0 Å². The van der Waals surface area contributed by atoms with E-state index in [4.69, 9.17) is 5.73 Å². The van der Waals surface area contributed by atoms with Crippen LogP contribution in [-0.2, 0) is 6.54 Å². The maximum Gasteiger partial charge on any atom is 0.0200 e. The number of unbranched alkanes of at least 4 members (excludes halogenated alkanes) is 1. The first-order chi connectivity index (χ1) is 7.83. The van der Waals surface area contributed by atoms with Gasteiger partial charge in [0.2, 0.25) is 0 Å². The quantitative estimate of drug-likeness (QED) is 0.585. The number of nitrogens with two attached hydrogens (primary N) is 1. The van der Waals surface area contributed by atoms with Crippen molar-refractivity contribution in [2.75, 3.05) is 11.5 Å². The van der Waals surface area contributed by atoms with Crippen molar-refractivity contribution in [3.8, 4) is 0 Å². The number of rotatable bonds is 7. The van der Waals surface area contributed by atoms with Gasteiger partial charge in [-0.05, 0) is 35.6 Å². The highest BCUT2D eigenvalue weighted by atomic mass is 32.2. The fraction of sp³-hybridized carbons (Fsp3) is 0.538. The molecule has 0 heterocycles. The van der Waals surface area contributed by atoms with E-state index in [0.29, 0.717) is 6.54 Å². The maximum absolute atomic E-state index is 5.86. The van der Waals surface area contributed by atoms with Crippen molar-refractivity contribution in [1.29, 1.82) is 0 Å². The van der Waals surface area contributed by atoms with Gasteiger partial charge in [-0.2, -0.15) is 0 Å². The van der Waals surface area contributed by atoms with Crippen molar-refractivity contribution in [3.63, 3.8) is 0 Å². The Morgan fingerprint density at radius 3 is 2.38 bits per heavy atom. The van der Waals surface area contributed by atoms with Crippen LogP contribution < -0.4 is 5.73 Å². The molecule has 0 atom stereocenters. The predicted octanol–water partition coefficient (Wildman–Crippen LogP) is 4.15. The Kier molecular flexibility index (Phi) is 7.01. The van der Waals surface area contributed by atoms with Crippen molar-refractivity contribution < 1.29 is 0 Å². The van der Waals surface area contributed by atoms with Gasteiger partial charge in [0.25, 0.3) is 0 Å². The topological polar surface area (TPSA) is 26.0 Å². The molecule has 0 saturated heterocycles. The van der Waals surface area contributed by atoms with E-state index in [-0.39, 0.29) is 0 Å². The summed E-state index contributed by atoms with van der Waals surface area (Å²) in [7, 11) is 0. The van der Waals surface area contributed by atoms with Crippen LogP contribution in [0.25, 0.3) is 0 Å². The molecule has 0 radical (unpaired) electrons. The van der Waals surface area contributed by atoms with E-state index in [2.05, 4.69) is 32.0 Å². The third-order valence-electron chi connectivity index (χ3n) is 2.35. The van der Waals surface area contributed by atoms with E-state index < -0.39 is 0 Å². The van der Waals surface area contributed by atoms with Gasteiger partial charge in [-0.3, -0.25) is 0 Å². The minimum absolute atomic E-state index is 0.650. The van der Waals surface area contributed by atoms with Crippen LogP contribution in [0.5, 0.6) is 0 Å². The highest BCUT2D eigenvalue weighted by molar-refractivity contribution is 8.00. The molecule has 1 aromatic carbocycles. The second-order valence-corrected chi connectivity index (χ2v) is 6.01. The molecule has 1 aromatic rings. The van der Waals surface area contributed by atoms with Crippen LogP contribution in [0.2, 0.25) is 0 Å². The van der Waals surface area contributed by atoms with E-state index in [1.54, 1.807) is 0 Å². The molecule has 16 heavy (non-hydrogen) atoms. The first-order valence-corrected chi connectivity index (χ1v) is 7.88. The fourth-order valence-corrected chi connectivity index (χ4v) is 3.61. The zero-order valence-corrected chi connectivity index (χ0v) is 11.8. The molecule has 0 amide bonds. The van der Waals surface area contributed by atoms with Crippen LogP contribution in [0, 0.1) is 0 Å². The predicted molar refractivity (Wildman–Crippen MR) is 76.4 cm³/mol. The van der Waals surface area contributed by atoms with Gasteiger partial charge in [-0.15, -0.1) is 23.5 Å². The minimum Gasteiger partial charge on any atom is -0.326 e. The van der Waals surface area contributed by atoms with E-state index >= 15 is 0 Å². The van der Waals surface area contributed by atoms with E-state index in [1.165, 1.54) is 33.9 Å². The Morgan fingerprint density at radius 2 is 1.81 bits per heavy atom. The lowest BCUT2D eigenvalue weighted by Gasteiger charge is -2.11. The summed E-state index contributed by atoms with van der Waals surface area (Å²) in [5.41, 5.74) is 7.19. The highest BCUT2D eigenvalue weighted by Gasteiger charge is 2.06. The third-order valence-corrected chi connectivity index (χ3v) is 4.52. The van der Waals surface area contributed by atoms with Crippen LogP contribution in [-0.4, -0.2) is 11.5 Å². The molecule has 0 aromatic heterocycles. The third kappa shape index (κ3) is 4.04. The van der Waals surface area contributed by atoms with Gasteiger partial charge < -0.3 is 5.73 Å². The standard InChI is InChI=1S/C13H21NS2/c1-3-5-9-16-13-8-6-7-12(15-4-2)11(13)10-14/h6-8H,3-5,9-10,14H2,1-2H3. The summed E-state index contributed by atoms with van der Waals surface area (Å²) in [5.74, 6) is 2.31. The number of hydrogen-bond acceptors (Lipinski definition) is 3. The average Bonchev–Trinajstić information content (AvgIpc) is 2.30. The normalized spacial score (nSPS) is 10.7. The molecule has 0 aliphatic carbocycles.